The van der Waals surface area contributed by atoms with Gasteiger partial charge in [-0.25, -0.2) is 0 Å². The van der Waals surface area contributed by atoms with Crippen molar-refractivity contribution in [2.75, 3.05) is 0 Å². The first kappa shape index (κ1) is 17.1. The second kappa shape index (κ2) is 6.13. The lowest BCUT2D eigenvalue weighted by atomic mass is 9.77. The van der Waals surface area contributed by atoms with Gasteiger partial charge in [0, 0.05) is 11.8 Å². The fourth-order valence-electron chi connectivity index (χ4n) is 5.17. The van der Waals surface area contributed by atoms with Crippen LogP contribution in [0.4, 0.5) is 0 Å². The number of fused-ring (bicyclic) bond motifs is 1. The molecule has 26 heavy (non-hydrogen) atoms. The molecule has 2 aromatic carbocycles. The van der Waals surface area contributed by atoms with Crippen molar-refractivity contribution in [3.05, 3.63) is 98.7 Å². The Kier molecular flexibility index (Phi) is 4.03. The summed E-state index contributed by atoms with van der Waals surface area (Å²) in [5, 5.41) is 0. The average Bonchev–Trinajstić information content (AvgIpc) is 3.03. The van der Waals surface area contributed by atoms with Crippen molar-refractivity contribution in [2.45, 2.75) is 47.5 Å². The van der Waals surface area contributed by atoms with E-state index in [1.54, 1.807) is 11.1 Å². The van der Waals surface area contributed by atoms with Gasteiger partial charge in [-0.05, 0) is 80.5 Å². The Balaban J connectivity index is 1.98. The molecule has 0 heterocycles. The van der Waals surface area contributed by atoms with Crippen molar-refractivity contribution in [2.24, 2.45) is 5.92 Å². The van der Waals surface area contributed by atoms with E-state index in [1.165, 1.54) is 44.5 Å². The molecule has 0 N–H and O–H groups in total. The molecule has 132 valence electrons. The van der Waals surface area contributed by atoms with Gasteiger partial charge in [-0.15, -0.1) is 0 Å². The fraction of sp³-hybridized carbons (Fsp3) is 0.308. The predicted molar refractivity (Wildman–Crippen MR) is 112 cm³/mol. The lowest BCUT2D eigenvalue weighted by Crippen LogP contribution is -2.14. The zero-order valence-electron chi connectivity index (χ0n) is 16.8. The number of allylic oxidation sites excluding steroid dienone is 5. The maximum absolute atomic E-state index is 2.36. The van der Waals surface area contributed by atoms with Crippen LogP contribution in [0, 0.1) is 12.8 Å². The molecule has 0 heteroatoms. The van der Waals surface area contributed by atoms with Crippen LogP contribution in [-0.2, 0) is 0 Å². The van der Waals surface area contributed by atoms with E-state index in [0.717, 1.165) is 0 Å². The SMILES string of the molecule is CC1=C(C)C(C2C(C)=C(c3ccccc3)c3c(C)cccc32)C(C)=C1C. The zero-order chi connectivity index (χ0) is 18.6. The molecule has 0 aliphatic heterocycles. The van der Waals surface area contributed by atoms with Gasteiger partial charge < -0.3 is 0 Å². The summed E-state index contributed by atoms with van der Waals surface area (Å²) in [5.41, 5.74) is 14.7. The second-order valence-corrected chi connectivity index (χ2v) is 8.03. The van der Waals surface area contributed by atoms with Gasteiger partial charge in [0.2, 0.25) is 0 Å². The Hall–Kier alpha value is -2.34. The van der Waals surface area contributed by atoms with Crippen LogP contribution in [0.5, 0.6) is 0 Å². The first-order chi connectivity index (χ1) is 12.4. The highest BCUT2D eigenvalue weighted by molar-refractivity contribution is 5.90. The molecule has 2 aromatic rings. The monoisotopic (exact) mass is 340 g/mol. The zero-order valence-corrected chi connectivity index (χ0v) is 16.8. The summed E-state index contributed by atoms with van der Waals surface area (Å²) in [7, 11) is 0. The van der Waals surface area contributed by atoms with Gasteiger partial charge in [0.15, 0.2) is 0 Å². The molecule has 2 aliphatic carbocycles. The van der Waals surface area contributed by atoms with E-state index >= 15 is 0 Å². The second-order valence-electron chi connectivity index (χ2n) is 8.03. The fourth-order valence-corrected chi connectivity index (χ4v) is 5.17. The Labute approximate surface area is 158 Å². The molecular weight excluding hydrogens is 312 g/mol. The van der Waals surface area contributed by atoms with Gasteiger partial charge >= 0.3 is 0 Å². The molecule has 1 atom stereocenters. The standard InChI is InChI=1S/C26H28/c1-15-11-10-14-22-23(15)25(21-12-8-7-9-13-21)20(6)26(22)24-18(4)16(2)17(3)19(24)5/h7-14,24,26H,1-6H3. The number of hydrogen-bond donors (Lipinski definition) is 0. The quantitative estimate of drug-likeness (QED) is 0.541. The van der Waals surface area contributed by atoms with Crippen LogP contribution in [0.3, 0.4) is 0 Å². The lowest BCUT2D eigenvalue weighted by molar-refractivity contribution is 0.622. The van der Waals surface area contributed by atoms with Gasteiger partial charge in [0.1, 0.15) is 0 Å². The Morgan fingerprint density at radius 2 is 1.19 bits per heavy atom. The molecular formula is C26H28. The molecule has 0 fully saturated rings. The molecule has 4 rings (SSSR count). The van der Waals surface area contributed by atoms with Crippen molar-refractivity contribution >= 4 is 5.57 Å². The summed E-state index contributed by atoms with van der Waals surface area (Å²) in [5.74, 6) is 0.948. The predicted octanol–water partition coefficient (Wildman–Crippen LogP) is 7.22. The lowest BCUT2D eigenvalue weighted by Gasteiger charge is -2.26. The van der Waals surface area contributed by atoms with E-state index in [-0.39, 0.29) is 0 Å². The molecule has 0 saturated heterocycles. The average molecular weight is 341 g/mol. The maximum atomic E-state index is 2.36. The minimum Gasteiger partial charge on any atom is -0.0622 e. The molecule has 1 unspecified atom stereocenters. The van der Waals surface area contributed by atoms with Crippen LogP contribution >= 0.6 is 0 Å². The van der Waals surface area contributed by atoms with E-state index in [2.05, 4.69) is 90.1 Å². The van der Waals surface area contributed by atoms with Gasteiger partial charge in [-0.3, -0.25) is 0 Å². The van der Waals surface area contributed by atoms with Crippen molar-refractivity contribution < 1.29 is 0 Å². The van der Waals surface area contributed by atoms with Crippen molar-refractivity contribution in [1.29, 1.82) is 0 Å². The molecule has 0 spiro atoms. The summed E-state index contributed by atoms with van der Waals surface area (Å²) in [4.78, 5) is 0. The van der Waals surface area contributed by atoms with E-state index in [0.29, 0.717) is 11.8 Å². The summed E-state index contributed by atoms with van der Waals surface area (Å²) in [6, 6.07) is 17.8. The van der Waals surface area contributed by atoms with Crippen molar-refractivity contribution in [3.8, 4) is 0 Å². The molecule has 0 bridgehead atoms. The molecule has 0 radical (unpaired) electrons. The minimum atomic E-state index is 0.451. The van der Waals surface area contributed by atoms with Gasteiger partial charge in [-0.2, -0.15) is 0 Å². The van der Waals surface area contributed by atoms with Crippen molar-refractivity contribution in [3.63, 3.8) is 0 Å². The van der Waals surface area contributed by atoms with Crippen LogP contribution in [0.25, 0.3) is 5.57 Å². The van der Waals surface area contributed by atoms with Gasteiger partial charge in [0.05, 0.1) is 0 Å². The smallest absolute Gasteiger partial charge is 0.0164 e. The third-order valence-corrected chi connectivity index (χ3v) is 6.83. The largest absolute Gasteiger partial charge is 0.0622 e. The molecule has 2 aliphatic rings. The van der Waals surface area contributed by atoms with Crippen LogP contribution in [-0.4, -0.2) is 0 Å². The van der Waals surface area contributed by atoms with Crippen LogP contribution in [0.2, 0.25) is 0 Å². The highest BCUT2D eigenvalue weighted by atomic mass is 14.4. The Morgan fingerprint density at radius 1 is 0.577 bits per heavy atom. The summed E-state index contributed by atoms with van der Waals surface area (Å²) in [6.07, 6.45) is 0. The third-order valence-electron chi connectivity index (χ3n) is 6.83. The van der Waals surface area contributed by atoms with Gasteiger partial charge in [0.25, 0.3) is 0 Å². The van der Waals surface area contributed by atoms with E-state index in [4.69, 9.17) is 0 Å². The highest BCUT2D eigenvalue weighted by Crippen LogP contribution is 2.55. The van der Waals surface area contributed by atoms with Crippen LogP contribution in [0.1, 0.15) is 62.8 Å². The number of benzene rings is 2. The van der Waals surface area contributed by atoms with E-state index in [1.807, 2.05) is 0 Å². The number of hydrogen-bond acceptors (Lipinski definition) is 0. The first-order valence-corrected chi connectivity index (χ1v) is 9.64. The van der Waals surface area contributed by atoms with Crippen LogP contribution < -0.4 is 0 Å². The number of aryl methyl sites for hydroxylation is 1. The highest BCUT2D eigenvalue weighted by Gasteiger charge is 2.39. The molecule has 0 aromatic heterocycles. The van der Waals surface area contributed by atoms with E-state index < -0.39 is 0 Å². The Morgan fingerprint density at radius 3 is 1.81 bits per heavy atom. The van der Waals surface area contributed by atoms with Crippen LogP contribution in [0.15, 0.2) is 76.4 Å². The topological polar surface area (TPSA) is 0 Å². The summed E-state index contributed by atoms with van der Waals surface area (Å²) in [6.45, 7) is 13.9. The first-order valence-electron chi connectivity index (χ1n) is 9.64. The summed E-state index contributed by atoms with van der Waals surface area (Å²) < 4.78 is 0. The van der Waals surface area contributed by atoms with Gasteiger partial charge in [-0.1, -0.05) is 65.3 Å². The van der Waals surface area contributed by atoms with E-state index in [9.17, 15) is 0 Å². The van der Waals surface area contributed by atoms with Crippen molar-refractivity contribution in [1.82, 2.24) is 0 Å². The minimum absolute atomic E-state index is 0.451. The number of rotatable bonds is 2. The normalized spacial score (nSPS) is 20.5. The molecule has 0 nitrogen and oxygen atoms in total. The Bertz CT molecular complexity index is 956. The molecule has 0 amide bonds. The third kappa shape index (κ3) is 2.28. The molecule has 0 saturated carbocycles. The maximum Gasteiger partial charge on any atom is 0.0164 e. The summed E-state index contributed by atoms with van der Waals surface area (Å²) >= 11 is 0.